The summed E-state index contributed by atoms with van der Waals surface area (Å²) >= 11 is 9.61. The lowest BCUT2D eigenvalue weighted by Crippen LogP contribution is -1.77. The summed E-state index contributed by atoms with van der Waals surface area (Å²) in [4.78, 5) is 4.34. The summed E-state index contributed by atoms with van der Waals surface area (Å²) in [7, 11) is 0. The number of halogens is 2. The van der Waals surface area contributed by atoms with Gasteiger partial charge in [-0.25, -0.2) is 0 Å². The third-order valence-corrected chi connectivity index (χ3v) is 4.06. The first kappa shape index (κ1) is 11.3. The van der Waals surface area contributed by atoms with E-state index in [0.717, 1.165) is 37.3 Å². The summed E-state index contributed by atoms with van der Waals surface area (Å²) in [5, 5.41) is 3.87. The van der Waals surface area contributed by atoms with E-state index in [2.05, 4.69) is 27.0 Å². The molecule has 0 amide bonds. The normalized spacial score (nSPS) is 11.7. The van der Waals surface area contributed by atoms with Crippen LogP contribution in [0.4, 0.5) is 0 Å². The molecule has 2 aromatic heterocycles. The largest absolute Gasteiger partial charge is 0.456 e. The smallest absolute Gasteiger partial charge is 0.138 e. The molecule has 2 nitrogen and oxygen atoms in total. The minimum absolute atomic E-state index is 0.654. The standard InChI is InChI=1S/C15H7BrClNO/c16-11-5-9(17)6-14-15(11)10-4-8-2-1-3-18-12(8)7-13(10)19-14/h1-7H. The Balaban J connectivity index is 2.26. The van der Waals surface area contributed by atoms with Crippen LogP contribution in [0.3, 0.4) is 0 Å². The second kappa shape index (κ2) is 3.95. The predicted molar refractivity (Wildman–Crippen MR) is 81.7 cm³/mol. The lowest BCUT2D eigenvalue weighted by molar-refractivity contribution is 0.669. The average molecular weight is 333 g/mol. The van der Waals surface area contributed by atoms with Crippen molar-refractivity contribution in [1.82, 2.24) is 4.98 Å². The van der Waals surface area contributed by atoms with E-state index in [4.69, 9.17) is 16.0 Å². The summed E-state index contributed by atoms with van der Waals surface area (Å²) in [6.45, 7) is 0. The van der Waals surface area contributed by atoms with E-state index in [1.807, 2.05) is 30.3 Å². The highest BCUT2D eigenvalue weighted by atomic mass is 79.9. The zero-order valence-corrected chi connectivity index (χ0v) is 12.0. The lowest BCUT2D eigenvalue weighted by atomic mass is 10.1. The van der Waals surface area contributed by atoms with Gasteiger partial charge in [0.2, 0.25) is 0 Å². The van der Waals surface area contributed by atoms with Crippen LogP contribution in [-0.2, 0) is 0 Å². The van der Waals surface area contributed by atoms with Crippen LogP contribution < -0.4 is 0 Å². The van der Waals surface area contributed by atoms with Crippen molar-refractivity contribution in [1.29, 1.82) is 0 Å². The summed E-state index contributed by atoms with van der Waals surface area (Å²) in [6, 6.07) is 11.8. The Kier molecular flexibility index (Phi) is 2.34. The van der Waals surface area contributed by atoms with Crippen molar-refractivity contribution in [3.63, 3.8) is 0 Å². The molecule has 4 aromatic rings. The van der Waals surface area contributed by atoms with Gasteiger partial charge in [0.1, 0.15) is 11.2 Å². The number of hydrogen-bond donors (Lipinski definition) is 0. The van der Waals surface area contributed by atoms with Crippen molar-refractivity contribution in [2.45, 2.75) is 0 Å². The molecular formula is C15H7BrClNO. The van der Waals surface area contributed by atoms with Gasteiger partial charge >= 0.3 is 0 Å². The minimum Gasteiger partial charge on any atom is -0.456 e. The Labute approximate surface area is 122 Å². The minimum atomic E-state index is 0.654. The molecule has 0 bridgehead atoms. The fraction of sp³-hybridized carbons (Fsp3) is 0. The first-order chi connectivity index (χ1) is 9.22. The Morgan fingerprint density at radius 3 is 2.89 bits per heavy atom. The maximum atomic E-state index is 6.05. The van der Waals surface area contributed by atoms with Crippen molar-refractivity contribution in [2.75, 3.05) is 0 Å². The Bertz CT molecular complexity index is 945. The van der Waals surface area contributed by atoms with Crippen molar-refractivity contribution in [3.8, 4) is 0 Å². The molecule has 19 heavy (non-hydrogen) atoms. The van der Waals surface area contributed by atoms with E-state index in [0.29, 0.717) is 5.02 Å². The van der Waals surface area contributed by atoms with Gasteiger partial charge in [-0.2, -0.15) is 0 Å². The molecule has 0 saturated heterocycles. The van der Waals surface area contributed by atoms with Gasteiger partial charge in [-0.15, -0.1) is 0 Å². The molecule has 0 aliphatic rings. The fourth-order valence-electron chi connectivity index (χ4n) is 2.39. The Hall–Kier alpha value is -1.58. The van der Waals surface area contributed by atoms with E-state index in [-0.39, 0.29) is 0 Å². The van der Waals surface area contributed by atoms with Crippen LogP contribution in [-0.4, -0.2) is 4.98 Å². The van der Waals surface area contributed by atoms with Gasteiger partial charge in [0.15, 0.2) is 0 Å². The van der Waals surface area contributed by atoms with Crippen molar-refractivity contribution < 1.29 is 4.42 Å². The van der Waals surface area contributed by atoms with Crippen LogP contribution in [0, 0.1) is 0 Å². The molecule has 92 valence electrons. The number of furan rings is 1. The topological polar surface area (TPSA) is 26.0 Å². The molecule has 0 atom stereocenters. The second-order valence-electron chi connectivity index (χ2n) is 4.41. The van der Waals surface area contributed by atoms with Crippen LogP contribution in [0.25, 0.3) is 32.8 Å². The SMILES string of the molecule is Clc1cc(Br)c2c(c1)oc1cc3ncccc3cc12. The van der Waals surface area contributed by atoms with Crippen molar-refractivity contribution in [3.05, 3.63) is 52.1 Å². The van der Waals surface area contributed by atoms with E-state index in [1.165, 1.54) is 0 Å². The Morgan fingerprint density at radius 1 is 1.11 bits per heavy atom. The molecule has 0 saturated carbocycles. The maximum Gasteiger partial charge on any atom is 0.138 e. The molecule has 0 unspecified atom stereocenters. The third-order valence-electron chi connectivity index (χ3n) is 3.21. The highest BCUT2D eigenvalue weighted by molar-refractivity contribution is 9.10. The number of benzene rings is 2. The molecule has 0 aliphatic heterocycles. The van der Waals surface area contributed by atoms with Crippen LogP contribution >= 0.6 is 27.5 Å². The summed E-state index contributed by atoms with van der Waals surface area (Å²) in [6.07, 6.45) is 1.78. The first-order valence-electron chi connectivity index (χ1n) is 5.78. The summed E-state index contributed by atoms with van der Waals surface area (Å²) in [5.41, 5.74) is 2.53. The summed E-state index contributed by atoms with van der Waals surface area (Å²) < 4.78 is 6.81. The molecule has 0 aliphatic carbocycles. The van der Waals surface area contributed by atoms with Gasteiger partial charge < -0.3 is 4.42 Å². The molecule has 0 N–H and O–H groups in total. The Morgan fingerprint density at radius 2 is 2.00 bits per heavy atom. The number of pyridine rings is 1. The molecule has 0 radical (unpaired) electrons. The predicted octanol–water partition coefficient (Wildman–Crippen LogP) is 5.55. The second-order valence-corrected chi connectivity index (χ2v) is 5.70. The maximum absolute atomic E-state index is 6.05. The molecule has 0 spiro atoms. The molecule has 0 fully saturated rings. The van der Waals surface area contributed by atoms with Crippen LogP contribution in [0.1, 0.15) is 0 Å². The van der Waals surface area contributed by atoms with Crippen LogP contribution in [0.5, 0.6) is 0 Å². The van der Waals surface area contributed by atoms with Gasteiger partial charge in [-0.3, -0.25) is 4.98 Å². The van der Waals surface area contributed by atoms with Crippen molar-refractivity contribution >= 4 is 60.4 Å². The van der Waals surface area contributed by atoms with Crippen LogP contribution in [0.15, 0.2) is 51.5 Å². The van der Waals surface area contributed by atoms with Crippen LogP contribution in [0.2, 0.25) is 5.02 Å². The highest BCUT2D eigenvalue weighted by Crippen LogP contribution is 2.37. The third kappa shape index (κ3) is 1.66. The number of fused-ring (bicyclic) bond motifs is 4. The number of rotatable bonds is 0. The van der Waals surface area contributed by atoms with E-state index >= 15 is 0 Å². The number of hydrogen-bond acceptors (Lipinski definition) is 2. The van der Waals surface area contributed by atoms with Gasteiger partial charge in [0.25, 0.3) is 0 Å². The average Bonchev–Trinajstić information content (AvgIpc) is 2.72. The number of aromatic nitrogens is 1. The molecule has 4 heteroatoms. The van der Waals surface area contributed by atoms with Gasteiger partial charge in [0.05, 0.1) is 5.52 Å². The highest BCUT2D eigenvalue weighted by Gasteiger charge is 2.12. The zero-order chi connectivity index (χ0) is 13.0. The molecule has 2 aromatic carbocycles. The molecule has 4 rings (SSSR count). The first-order valence-corrected chi connectivity index (χ1v) is 6.95. The van der Waals surface area contributed by atoms with Crippen molar-refractivity contribution in [2.24, 2.45) is 0 Å². The van der Waals surface area contributed by atoms with Gasteiger partial charge in [0, 0.05) is 44.0 Å². The number of nitrogens with zero attached hydrogens (tertiary/aromatic N) is 1. The lowest BCUT2D eigenvalue weighted by Gasteiger charge is -1.97. The van der Waals surface area contributed by atoms with Gasteiger partial charge in [-0.1, -0.05) is 17.7 Å². The quantitative estimate of drug-likeness (QED) is 0.422. The van der Waals surface area contributed by atoms with Gasteiger partial charge in [-0.05, 0) is 34.1 Å². The monoisotopic (exact) mass is 331 g/mol. The molecule has 2 heterocycles. The summed E-state index contributed by atoms with van der Waals surface area (Å²) in [5.74, 6) is 0. The fourth-order valence-corrected chi connectivity index (χ4v) is 3.39. The zero-order valence-electron chi connectivity index (χ0n) is 9.65. The molecular weight excluding hydrogens is 326 g/mol. The van der Waals surface area contributed by atoms with E-state index in [1.54, 1.807) is 6.20 Å². The van der Waals surface area contributed by atoms with E-state index in [9.17, 15) is 0 Å². The van der Waals surface area contributed by atoms with E-state index < -0.39 is 0 Å².